The van der Waals surface area contributed by atoms with Crippen LogP contribution in [-0.2, 0) is 17.1 Å². The van der Waals surface area contributed by atoms with Gasteiger partial charge < -0.3 is 14.9 Å². The van der Waals surface area contributed by atoms with Gasteiger partial charge in [-0.05, 0) is 49.5 Å². The molecule has 6 rings (SSSR count). The average Bonchev–Trinajstić information content (AvgIpc) is 2.74. The minimum absolute atomic E-state index is 0.0480. The maximum Gasteiger partial charge on any atom is 0.303 e. The van der Waals surface area contributed by atoms with E-state index in [1.54, 1.807) is 11.8 Å². The number of anilines is 2. The van der Waals surface area contributed by atoms with E-state index in [1.807, 2.05) is 4.90 Å². The molecular weight excluding hydrogens is 409 g/mol. The Morgan fingerprint density at radius 2 is 2.00 bits per heavy atom. The number of rotatable bonds is 4. The Morgan fingerprint density at radius 3 is 2.58 bits per heavy atom. The van der Waals surface area contributed by atoms with Crippen molar-refractivity contribution in [3.63, 3.8) is 0 Å². The van der Waals surface area contributed by atoms with Gasteiger partial charge in [0.2, 0.25) is 5.69 Å². The van der Waals surface area contributed by atoms with Gasteiger partial charge in [0.25, 0.3) is 5.92 Å². The van der Waals surface area contributed by atoms with Crippen molar-refractivity contribution in [3.8, 4) is 0 Å². The summed E-state index contributed by atoms with van der Waals surface area (Å²) in [6, 6.07) is -0.509. The molecule has 4 heterocycles. The van der Waals surface area contributed by atoms with Crippen molar-refractivity contribution in [2.75, 3.05) is 29.4 Å². The lowest BCUT2D eigenvalue weighted by Crippen LogP contribution is -2.58. The number of halogens is 3. The van der Waals surface area contributed by atoms with Crippen LogP contribution in [0.4, 0.5) is 30.5 Å². The van der Waals surface area contributed by atoms with Crippen molar-refractivity contribution in [1.82, 2.24) is 4.98 Å². The van der Waals surface area contributed by atoms with Crippen molar-refractivity contribution < 1.29 is 23.1 Å². The van der Waals surface area contributed by atoms with Gasteiger partial charge in [-0.15, -0.1) is 0 Å². The third-order valence-electron chi connectivity index (χ3n) is 7.72. The van der Waals surface area contributed by atoms with E-state index >= 15 is 8.78 Å². The van der Waals surface area contributed by atoms with Crippen molar-refractivity contribution in [3.05, 3.63) is 22.5 Å². The van der Waals surface area contributed by atoms with Crippen molar-refractivity contribution in [1.29, 1.82) is 0 Å². The number of piperidine rings is 2. The molecule has 6 nitrogen and oxygen atoms in total. The highest BCUT2D eigenvalue weighted by atomic mass is 19.3. The lowest BCUT2D eigenvalue weighted by atomic mass is 9.60. The second-order valence-corrected chi connectivity index (χ2v) is 9.46. The Balaban J connectivity index is 1.57. The van der Waals surface area contributed by atoms with Crippen LogP contribution in [0, 0.1) is 24.3 Å². The number of pyridine rings is 1. The monoisotopic (exact) mass is 434 g/mol. The van der Waals surface area contributed by atoms with E-state index < -0.39 is 24.1 Å². The van der Waals surface area contributed by atoms with Crippen LogP contribution in [0.3, 0.4) is 0 Å². The molecule has 5 aliphatic rings. The number of nitrogens with zero attached hydrogens (tertiary/aromatic N) is 4. The van der Waals surface area contributed by atoms with Gasteiger partial charge in [0.1, 0.15) is 17.8 Å². The SMILES string of the molecule is [C-]#[N+]c1c(N2CC(F)[C@@H]2C)nc(N2C[C@H]3C[C@@H](C2)C3CC(=O)O)c2c1C(F)(F)CCC2. The van der Waals surface area contributed by atoms with Gasteiger partial charge in [-0.1, -0.05) is 0 Å². The number of carboxylic acids is 1. The minimum Gasteiger partial charge on any atom is -0.481 e. The normalized spacial score (nSPS) is 33.1. The molecule has 2 aliphatic carbocycles. The zero-order valence-corrected chi connectivity index (χ0v) is 17.3. The summed E-state index contributed by atoms with van der Waals surface area (Å²) in [5.74, 6) is -2.75. The maximum absolute atomic E-state index is 15.1. The molecule has 166 valence electrons. The van der Waals surface area contributed by atoms with E-state index in [4.69, 9.17) is 16.7 Å². The first-order chi connectivity index (χ1) is 14.7. The first-order valence-corrected chi connectivity index (χ1v) is 10.9. The summed E-state index contributed by atoms with van der Waals surface area (Å²) in [5, 5.41) is 9.16. The summed E-state index contributed by atoms with van der Waals surface area (Å²) < 4.78 is 44.0. The van der Waals surface area contributed by atoms with Gasteiger partial charge in [0, 0.05) is 31.5 Å². The van der Waals surface area contributed by atoms with E-state index in [0.717, 1.165) is 6.42 Å². The second kappa shape index (κ2) is 7.01. The quantitative estimate of drug-likeness (QED) is 0.722. The van der Waals surface area contributed by atoms with Gasteiger partial charge in [-0.25, -0.2) is 23.0 Å². The fraction of sp³-hybridized carbons (Fsp3) is 0.682. The molecule has 0 aromatic carbocycles. The summed E-state index contributed by atoms with van der Waals surface area (Å²) in [5.41, 5.74) is 0.0600. The zero-order chi connectivity index (χ0) is 22.1. The Kier molecular flexibility index (Phi) is 4.61. The van der Waals surface area contributed by atoms with Crippen LogP contribution in [0.1, 0.15) is 43.7 Å². The molecule has 3 aliphatic heterocycles. The molecule has 5 atom stereocenters. The van der Waals surface area contributed by atoms with Crippen molar-refractivity contribution >= 4 is 23.3 Å². The topological polar surface area (TPSA) is 61.0 Å². The average molecular weight is 434 g/mol. The van der Waals surface area contributed by atoms with Crippen LogP contribution in [-0.4, -0.2) is 47.9 Å². The van der Waals surface area contributed by atoms with Gasteiger partial charge in [-0.2, -0.15) is 0 Å². The molecule has 2 unspecified atom stereocenters. The lowest BCUT2D eigenvalue weighted by molar-refractivity contribution is -0.141. The number of carboxylic acid groups (broad SMARTS) is 1. The summed E-state index contributed by atoms with van der Waals surface area (Å²) in [6.07, 6.45) is 0.463. The molecule has 1 N–H and O–H groups in total. The van der Waals surface area contributed by atoms with Crippen LogP contribution in [0.25, 0.3) is 4.85 Å². The summed E-state index contributed by atoms with van der Waals surface area (Å²) in [6.45, 7) is 10.5. The molecule has 1 aromatic heterocycles. The summed E-state index contributed by atoms with van der Waals surface area (Å²) in [7, 11) is 0. The van der Waals surface area contributed by atoms with E-state index in [9.17, 15) is 9.18 Å². The number of aromatic nitrogens is 1. The van der Waals surface area contributed by atoms with E-state index in [1.165, 1.54) is 0 Å². The zero-order valence-electron chi connectivity index (χ0n) is 17.3. The molecule has 9 heteroatoms. The molecular formula is C22H25F3N4O2. The number of hydrogen-bond donors (Lipinski definition) is 1. The molecule has 0 spiro atoms. The summed E-state index contributed by atoms with van der Waals surface area (Å²) in [4.78, 5) is 23.0. The largest absolute Gasteiger partial charge is 0.481 e. The van der Waals surface area contributed by atoms with Gasteiger partial charge >= 0.3 is 5.97 Å². The fourth-order valence-corrected chi connectivity index (χ4v) is 5.94. The molecule has 1 aromatic rings. The van der Waals surface area contributed by atoms with Crippen LogP contribution < -0.4 is 9.80 Å². The third kappa shape index (κ3) is 3.06. The number of hydrogen-bond acceptors (Lipinski definition) is 4. The van der Waals surface area contributed by atoms with Gasteiger partial charge in [0.05, 0.1) is 19.2 Å². The van der Waals surface area contributed by atoms with E-state index in [2.05, 4.69) is 4.85 Å². The predicted molar refractivity (Wildman–Crippen MR) is 109 cm³/mol. The third-order valence-corrected chi connectivity index (χ3v) is 7.72. The molecule has 0 amide bonds. The standard InChI is InChI=1S/C22H25F3N4O2/c1-11-16(23)10-29(11)21-19(26-2)18-14(4-3-5-22(18,24)25)20(27-21)28-8-12-6-13(9-28)15(12)7-17(30)31/h11-13,15-16H,3-10H2,1H3,(H,30,31)/t11-,12-,13+,15?,16?/m0/s1. The van der Waals surface area contributed by atoms with Gasteiger partial charge in [0.15, 0.2) is 0 Å². The maximum atomic E-state index is 15.1. The number of alkyl halides is 3. The highest BCUT2D eigenvalue weighted by Gasteiger charge is 2.50. The Hall–Kier alpha value is -2.50. The van der Waals surface area contributed by atoms with Crippen LogP contribution in [0.15, 0.2) is 0 Å². The van der Waals surface area contributed by atoms with Crippen molar-refractivity contribution in [2.45, 2.75) is 57.2 Å². The molecule has 3 saturated heterocycles. The highest BCUT2D eigenvalue weighted by Crippen LogP contribution is 2.54. The molecule has 31 heavy (non-hydrogen) atoms. The Bertz CT molecular complexity index is 966. The smallest absolute Gasteiger partial charge is 0.303 e. The Labute approximate surface area is 178 Å². The van der Waals surface area contributed by atoms with Crippen LogP contribution >= 0.6 is 0 Å². The predicted octanol–water partition coefficient (Wildman–Crippen LogP) is 4.15. The molecule has 1 saturated carbocycles. The number of aliphatic carboxylic acids is 1. The molecule has 2 bridgehead atoms. The number of carbonyl (C=O) groups is 1. The fourth-order valence-electron chi connectivity index (χ4n) is 5.94. The molecule has 4 fully saturated rings. The first-order valence-electron chi connectivity index (χ1n) is 10.9. The van der Waals surface area contributed by atoms with Crippen molar-refractivity contribution in [2.24, 2.45) is 17.8 Å². The van der Waals surface area contributed by atoms with Gasteiger partial charge in [-0.3, -0.25) is 4.79 Å². The van der Waals surface area contributed by atoms with E-state index in [0.29, 0.717) is 37.3 Å². The highest BCUT2D eigenvalue weighted by molar-refractivity contribution is 5.79. The number of fused-ring (bicyclic) bond motifs is 3. The van der Waals surface area contributed by atoms with E-state index in [-0.39, 0.29) is 54.2 Å². The first kappa shape index (κ1) is 20.4. The van der Waals surface area contributed by atoms with Crippen LogP contribution in [0.5, 0.6) is 0 Å². The minimum atomic E-state index is -3.12. The Morgan fingerprint density at radius 1 is 1.29 bits per heavy atom. The lowest BCUT2D eigenvalue weighted by Gasteiger charge is -2.54. The van der Waals surface area contributed by atoms with Crippen LogP contribution in [0.2, 0.25) is 0 Å². The second-order valence-electron chi connectivity index (χ2n) is 9.46. The molecule has 0 radical (unpaired) electrons. The summed E-state index contributed by atoms with van der Waals surface area (Å²) >= 11 is 0.